The summed E-state index contributed by atoms with van der Waals surface area (Å²) in [4.78, 5) is 6.70. The number of aromatic nitrogens is 1. The summed E-state index contributed by atoms with van der Waals surface area (Å²) in [6.45, 7) is 5.12. The number of hydrogen-bond donors (Lipinski definition) is 1. The molecule has 2 aromatic carbocycles. The normalized spacial score (nSPS) is 14.6. The summed E-state index contributed by atoms with van der Waals surface area (Å²) in [6.07, 6.45) is 0. The average molecular weight is 410 g/mol. The van der Waals surface area contributed by atoms with E-state index in [0.29, 0.717) is 5.82 Å². The number of aryl methyl sites for hydroxylation is 1. The number of benzene rings is 2. The molecular formula is C22H23N3O3S. The lowest BCUT2D eigenvalue weighted by Gasteiger charge is -2.28. The van der Waals surface area contributed by atoms with Crippen molar-refractivity contribution in [1.82, 2.24) is 4.98 Å². The molecule has 0 amide bonds. The van der Waals surface area contributed by atoms with E-state index in [1.54, 1.807) is 24.3 Å². The first kappa shape index (κ1) is 19.4. The van der Waals surface area contributed by atoms with Gasteiger partial charge in [0.2, 0.25) is 0 Å². The minimum Gasteiger partial charge on any atom is -0.378 e. The van der Waals surface area contributed by atoms with Gasteiger partial charge in [-0.15, -0.1) is 0 Å². The number of rotatable bonds is 5. The van der Waals surface area contributed by atoms with Crippen LogP contribution in [0.1, 0.15) is 5.69 Å². The largest absolute Gasteiger partial charge is 0.378 e. The molecule has 29 heavy (non-hydrogen) atoms. The van der Waals surface area contributed by atoms with Gasteiger partial charge in [-0.25, -0.2) is 13.4 Å². The lowest BCUT2D eigenvalue weighted by atomic mass is 10.1. The number of ether oxygens (including phenoxy) is 1. The molecule has 1 N–H and O–H groups in total. The molecule has 150 valence electrons. The molecule has 0 radical (unpaired) electrons. The highest BCUT2D eigenvalue weighted by molar-refractivity contribution is 7.92. The van der Waals surface area contributed by atoms with Crippen LogP contribution >= 0.6 is 0 Å². The number of morpholine rings is 1. The summed E-state index contributed by atoms with van der Waals surface area (Å²) in [6, 6.07) is 20.4. The molecule has 1 aliphatic heterocycles. The molecule has 0 spiro atoms. The van der Waals surface area contributed by atoms with Crippen LogP contribution in [0.4, 0.5) is 11.5 Å². The predicted octanol–water partition coefficient (Wildman–Crippen LogP) is 3.69. The van der Waals surface area contributed by atoms with E-state index in [1.807, 2.05) is 25.1 Å². The highest BCUT2D eigenvalue weighted by Crippen LogP contribution is 2.25. The Morgan fingerprint density at radius 3 is 2.14 bits per heavy atom. The number of anilines is 2. The van der Waals surface area contributed by atoms with Crippen LogP contribution in [0.2, 0.25) is 0 Å². The smallest absolute Gasteiger partial charge is 0.263 e. The second kappa shape index (κ2) is 8.23. The number of nitrogens with one attached hydrogen (secondary N) is 1. The van der Waals surface area contributed by atoms with Gasteiger partial charge < -0.3 is 9.64 Å². The highest BCUT2D eigenvalue weighted by Gasteiger charge is 2.15. The molecule has 1 saturated heterocycles. The minimum atomic E-state index is -3.68. The Bertz CT molecular complexity index is 1080. The van der Waals surface area contributed by atoms with Crippen LogP contribution < -0.4 is 9.62 Å². The van der Waals surface area contributed by atoms with E-state index in [-0.39, 0.29) is 4.90 Å². The Hall–Kier alpha value is -2.90. The van der Waals surface area contributed by atoms with Crippen LogP contribution in [0.25, 0.3) is 11.1 Å². The van der Waals surface area contributed by atoms with Gasteiger partial charge in [0.25, 0.3) is 10.0 Å². The second-order valence-corrected chi connectivity index (χ2v) is 8.62. The summed E-state index contributed by atoms with van der Waals surface area (Å²) in [5, 5.41) is 0. The average Bonchev–Trinajstić information content (AvgIpc) is 2.74. The van der Waals surface area contributed by atoms with Crippen LogP contribution in [0.5, 0.6) is 0 Å². The molecule has 4 rings (SSSR count). The van der Waals surface area contributed by atoms with E-state index in [9.17, 15) is 8.42 Å². The maximum atomic E-state index is 12.6. The molecule has 3 aromatic rings. The molecule has 7 heteroatoms. The Balaban J connectivity index is 1.49. The Morgan fingerprint density at radius 2 is 1.52 bits per heavy atom. The zero-order chi connectivity index (χ0) is 20.3. The first-order chi connectivity index (χ1) is 14.0. The molecule has 1 aliphatic rings. The topological polar surface area (TPSA) is 71.5 Å². The molecule has 1 aromatic heterocycles. The maximum absolute atomic E-state index is 12.6. The Morgan fingerprint density at radius 1 is 0.897 bits per heavy atom. The van der Waals surface area contributed by atoms with E-state index in [0.717, 1.165) is 43.1 Å². The lowest BCUT2D eigenvalue weighted by Crippen LogP contribution is -2.36. The number of hydrogen-bond acceptors (Lipinski definition) is 5. The molecular weight excluding hydrogens is 386 g/mol. The van der Waals surface area contributed by atoms with Crippen molar-refractivity contribution in [3.05, 3.63) is 72.4 Å². The second-order valence-electron chi connectivity index (χ2n) is 6.94. The molecule has 0 aliphatic carbocycles. The van der Waals surface area contributed by atoms with Crippen molar-refractivity contribution in [2.45, 2.75) is 11.8 Å². The van der Waals surface area contributed by atoms with Crippen molar-refractivity contribution >= 4 is 21.5 Å². The van der Waals surface area contributed by atoms with Gasteiger partial charge in [0.1, 0.15) is 5.82 Å². The summed E-state index contributed by atoms with van der Waals surface area (Å²) < 4.78 is 33.1. The third-order valence-corrected chi connectivity index (χ3v) is 6.24. The van der Waals surface area contributed by atoms with Crippen LogP contribution in [-0.2, 0) is 14.8 Å². The lowest BCUT2D eigenvalue weighted by molar-refractivity contribution is 0.122. The van der Waals surface area contributed by atoms with E-state index < -0.39 is 10.0 Å². The third-order valence-electron chi connectivity index (χ3n) is 4.87. The van der Waals surface area contributed by atoms with Crippen LogP contribution in [0.15, 0.2) is 71.6 Å². The van der Waals surface area contributed by atoms with Crippen molar-refractivity contribution in [1.29, 1.82) is 0 Å². The summed E-state index contributed by atoms with van der Waals surface area (Å²) in [5.74, 6) is 0.313. The van der Waals surface area contributed by atoms with Gasteiger partial charge in [-0.05, 0) is 54.4 Å². The van der Waals surface area contributed by atoms with Gasteiger partial charge in [-0.2, -0.15) is 0 Å². The monoisotopic (exact) mass is 409 g/mol. The van der Waals surface area contributed by atoms with E-state index >= 15 is 0 Å². The van der Waals surface area contributed by atoms with Gasteiger partial charge in [0, 0.05) is 24.5 Å². The van der Waals surface area contributed by atoms with Crippen molar-refractivity contribution in [3.8, 4) is 11.1 Å². The Labute approximate surface area is 171 Å². The molecule has 0 bridgehead atoms. The van der Waals surface area contributed by atoms with Gasteiger partial charge in [-0.3, -0.25) is 4.72 Å². The van der Waals surface area contributed by atoms with Gasteiger partial charge >= 0.3 is 0 Å². The molecule has 0 saturated carbocycles. The zero-order valence-corrected chi connectivity index (χ0v) is 17.0. The summed E-state index contributed by atoms with van der Waals surface area (Å²) >= 11 is 0. The fourth-order valence-electron chi connectivity index (χ4n) is 3.31. The zero-order valence-electron chi connectivity index (χ0n) is 16.2. The highest BCUT2D eigenvalue weighted by atomic mass is 32.2. The van der Waals surface area contributed by atoms with Gasteiger partial charge in [0.15, 0.2) is 0 Å². The van der Waals surface area contributed by atoms with Crippen molar-refractivity contribution in [2.24, 2.45) is 0 Å². The molecule has 0 atom stereocenters. The van der Waals surface area contributed by atoms with Gasteiger partial charge in [-0.1, -0.05) is 30.3 Å². The van der Waals surface area contributed by atoms with Crippen LogP contribution in [0.3, 0.4) is 0 Å². The SMILES string of the molecule is Cc1cccc(NS(=O)(=O)c2ccc(-c3ccc(N4CCOCC4)cc3)cc2)n1. The number of sulfonamides is 1. The van der Waals surface area contributed by atoms with Crippen molar-refractivity contribution < 1.29 is 13.2 Å². The van der Waals surface area contributed by atoms with E-state index in [4.69, 9.17) is 4.74 Å². The first-order valence-electron chi connectivity index (χ1n) is 9.51. The third kappa shape index (κ3) is 4.58. The molecule has 0 unspecified atom stereocenters. The fourth-order valence-corrected chi connectivity index (χ4v) is 4.31. The predicted molar refractivity (Wildman–Crippen MR) is 115 cm³/mol. The maximum Gasteiger partial charge on any atom is 0.263 e. The molecule has 2 heterocycles. The first-order valence-corrected chi connectivity index (χ1v) is 11.0. The standard InChI is InChI=1S/C22H23N3O3S/c1-17-3-2-4-22(23-17)24-29(26,27)21-11-7-19(8-12-21)18-5-9-20(10-6-18)25-13-15-28-16-14-25/h2-12H,13-16H2,1H3,(H,23,24). The van der Waals surface area contributed by atoms with Gasteiger partial charge in [0.05, 0.1) is 18.1 Å². The summed E-state index contributed by atoms with van der Waals surface area (Å²) in [7, 11) is -3.68. The van der Waals surface area contributed by atoms with Crippen molar-refractivity contribution in [3.63, 3.8) is 0 Å². The molecule has 1 fully saturated rings. The van der Waals surface area contributed by atoms with E-state index in [1.165, 1.54) is 5.69 Å². The quantitative estimate of drug-likeness (QED) is 0.696. The van der Waals surface area contributed by atoms with E-state index in [2.05, 4.69) is 38.9 Å². The van der Waals surface area contributed by atoms with Crippen LogP contribution in [0, 0.1) is 6.92 Å². The fraction of sp³-hybridized carbons (Fsp3) is 0.227. The molecule has 6 nitrogen and oxygen atoms in total. The number of pyridine rings is 1. The van der Waals surface area contributed by atoms with Crippen LogP contribution in [-0.4, -0.2) is 39.7 Å². The minimum absolute atomic E-state index is 0.203. The number of nitrogens with zero attached hydrogens (tertiary/aromatic N) is 2. The summed E-state index contributed by atoms with van der Waals surface area (Å²) in [5.41, 5.74) is 3.93. The van der Waals surface area contributed by atoms with Crippen molar-refractivity contribution in [2.75, 3.05) is 35.9 Å². The Kier molecular flexibility index (Phi) is 5.51.